The van der Waals surface area contributed by atoms with Crippen LogP contribution in [0.1, 0.15) is 63.3 Å². The number of benzene rings is 2. The predicted octanol–water partition coefficient (Wildman–Crippen LogP) is 4.18. The lowest BCUT2D eigenvalue weighted by atomic mass is 9.88. The summed E-state index contributed by atoms with van der Waals surface area (Å²) < 4.78 is 33.3. The lowest BCUT2D eigenvalue weighted by molar-refractivity contribution is -0.385. The normalized spacial score (nSPS) is 21.6. The summed E-state index contributed by atoms with van der Waals surface area (Å²) in [4.78, 5) is 59.1. The summed E-state index contributed by atoms with van der Waals surface area (Å²) >= 11 is 6.54. The molecular weight excluding hydrogens is 602 g/mol. The number of carbonyl (C=O) groups is 4. The van der Waals surface area contributed by atoms with E-state index in [1.165, 1.54) is 32.9 Å². The third-order valence-electron chi connectivity index (χ3n) is 7.10. The van der Waals surface area contributed by atoms with Crippen LogP contribution in [0.2, 0.25) is 5.02 Å². The van der Waals surface area contributed by atoms with Gasteiger partial charge in [-0.1, -0.05) is 29.8 Å². The highest BCUT2D eigenvalue weighted by molar-refractivity contribution is 6.31. The number of ether oxygens (including phenoxy) is 6. The van der Waals surface area contributed by atoms with Crippen LogP contribution in [0.4, 0.5) is 5.69 Å². The highest BCUT2D eigenvalue weighted by Crippen LogP contribution is 2.54. The van der Waals surface area contributed by atoms with E-state index < -0.39 is 65.4 Å². The quantitative estimate of drug-likeness (QED) is 0.150. The fourth-order valence-electron chi connectivity index (χ4n) is 5.21. The number of nitrogens with zero attached hydrogens (tertiary/aromatic N) is 1. The van der Waals surface area contributed by atoms with Crippen molar-refractivity contribution in [3.8, 4) is 5.75 Å². The fourth-order valence-corrected chi connectivity index (χ4v) is 5.40. The Hall–Kier alpha value is -4.23. The predicted molar refractivity (Wildman–Crippen MR) is 152 cm³/mol. The number of nitro groups is 1. The van der Waals surface area contributed by atoms with Gasteiger partial charge < -0.3 is 28.4 Å². The molecule has 0 bridgehead atoms. The Bertz CT molecular complexity index is 1460. The molecule has 1 spiro atoms. The molecule has 1 heterocycles. The van der Waals surface area contributed by atoms with Gasteiger partial charge in [0.2, 0.25) is 0 Å². The molecule has 2 aromatic rings. The molecule has 1 aliphatic heterocycles. The number of nitro benzene ring substituents is 1. The highest BCUT2D eigenvalue weighted by Gasteiger charge is 2.65. The standard InChI is InChI=1S/C30H32ClNO12/c1-5-39-25(36)15-40-24-9-6-19(13-23(24)32(37)38)12-21-14-20(7-8-22(21)31)26-27(41-16(2)33)28(42-17(3)34)29(43-18(4)35)30(44-26)10-11-30/h6-9,13-14,26-29H,5,10-12,15H2,1-4H3. The monoisotopic (exact) mass is 633 g/mol. The molecule has 14 heteroatoms. The van der Waals surface area contributed by atoms with Gasteiger partial charge in [-0.3, -0.25) is 24.5 Å². The van der Waals surface area contributed by atoms with Crippen LogP contribution in [0.3, 0.4) is 0 Å². The summed E-state index contributed by atoms with van der Waals surface area (Å²) in [5.41, 5.74) is 0.323. The third kappa shape index (κ3) is 7.64. The van der Waals surface area contributed by atoms with Gasteiger partial charge in [-0.05, 0) is 55.0 Å². The molecule has 44 heavy (non-hydrogen) atoms. The van der Waals surface area contributed by atoms with Gasteiger partial charge in [0.15, 0.2) is 30.7 Å². The summed E-state index contributed by atoms with van der Waals surface area (Å²) in [6, 6.07) is 9.32. The summed E-state index contributed by atoms with van der Waals surface area (Å²) in [6.07, 6.45) is -3.06. The number of halogens is 1. The SMILES string of the molecule is CCOC(=O)COc1ccc(Cc2cc(C3OC4(CC4)C(OC(C)=O)C(OC(C)=O)C3OC(C)=O)ccc2Cl)cc1[N+](=O)[O-]. The number of hydrogen-bond donors (Lipinski definition) is 0. The summed E-state index contributed by atoms with van der Waals surface area (Å²) in [7, 11) is 0. The Morgan fingerprint density at radius 2 is 1.64 bits per heavy atom. The van der Waals surface area contributed by atoms with Gasteiger partial charge in [0.1, 0.15) is 11.7 Å². The molecule has 13 nitrogen and oxygen atoms in total. The second kappa shape index (κ2) is 13.6. The maximum atomic E-state index is 12.2. The molecule has 4 atom stereocenters. The second-order valence-corrected chi connectivity index (χ2v) is 10.9. The van der Waals surface area contributed by atoms with Crippen LogP contribution in [-0.2, 0) is 49.3 Å². The Balaban J connectivity index is 1.66. The van der Waals surface area contributed by atoms with Crippen LogP contribution in [0.5, 0.6) is 5.75 Å². The number of carbonyl (C=O) groups excluding carboxylic acids is 4. The van der Waals surface area contributed by atoms with Crippen LogP contribution < -0.4 is 4.74 Å². The van der Waals surface area contributed by atoms with E-state index in [0.29, 0.717) is 34.6 Å². The molecule has 0 N–H and O–H groups in total. The van der Waals surface area contributed by atoms with Gasteiger partial charge >= 0.3 is 29.6 Å². The van der Waals surface area contributed by atoms with E-state index >= 15 is 0 Å². The molecule has 1 aliphatic carbocycles. The Morgan fingerprint density at radius 1 is 0.977 bits per heavy atom. The largest absolute Gasteiger partial charge is 0.475 e. The number of hydrogen-bond acceptors (Lipinski definition) is 12. The van der Waals surface area contributed by atoms with E-state index in [1.807, 2.05) is 0 Å². The van der Waals surface area contributed by atoms with E-state index in [4.69, 9.17) is 40.0 Å². The zero-order valence-corrected chi connectivity index (χ0v) is 25.3. The molecule has 2 aliphatic rings. The Labute approximate surface area is 257 Å². The topological polar surface area (TPSA) is 167 Å². The maximum absolute atomic E-state index is 12.2. The first kappa shape index (κ1) is 32.7. The van der Waals surface area contributed by atoms with Crippen molar-refractivity contribution in [2.45, 2.75) is 77.0 Å². The maximum Gasteiger partial charge on any atom is 0.344 e. The lowest BCUT2D eigenvalue weighted by Crippen LogP contribution is -2.59. The molecule has 2 aromatic carbocycles. The summed E-state index contributed by atoms with van der Waals surface area (Å²) in [6.45, 7) is 4.92. The van der Waals surface area contributed by atoms with Crippen LogP contribution in [-0.4, -0.2) is 65.9 Å². The zero-order valence-electron chi connectivity index (χ0n) is 24.5. The minimum absolute atomic E-state index is 0.0972. The average Bonchev–Trinajstić information content (AvgIpc) is 3.72. The third-order valence-corrected chi connectivity index (χ3v) is 7.47. The molecule has 0 aromatic heterocycles. The summed E-state index contributed by atoms with van der Waals surface area (Å²) in [5.74, 6) is -2.69. The first-order valence-corrected chi connectivity index (χ1v) is 14.2. The molecule has 4 unspecified atom stereocenters. The van der Waals surface area contributed by atoms with Crippen molar-refractivity contribution in [2.75, 3.05) is 13.2 Å². The van der Waals surface area contributed by atoms with Crippen molar-refractivity contribution in [1.29, 1.82) is 0 Å². The van der Waals surface area contributed by atoms with E-state index in [2.05, 4.69) is 0 Å². The smallest absolute Gasteiger partial charge is 0.344 e. The Kier molecular flexibility index (Phi) is 10.1. The van der Waals surface area contributed by atoms with Crippen LogP contribution >= 0.6 is 11.6 Å². The summed E-state index contributed by atoms with van der Waals surface area (Å²) in [5, 5.41) is 12.1. The highest BCUT2D eigenvalue weighted by atomic mass is 35.5. The molecule has 2 fully saturated rings. The van der Waals surface area contributed by atoms with Gasteiger partial charge in [-0.25, -0.2) is 4.79 Å². The average molecular weight is 634 g/mol. The van der Waals surface area contributed by atoms with Gasteiger partial charge in [0.05, 0.1) is 11.5 Å². The van der Waals surface area contributed by atoms with E-state index in [-0.39, 0.29) is 24.5 Å². The van der Waals surface area contributed by atoms with Crippen LogP contribution in [0.15, 0.2) is 36.4 Å². The first-order chi connectivity index (χ1) is 20.8. The van der Waals surface area contributed by atoms with Gasteiger partial charge in [-0.2, -0.15) is 0 Å². The molecule has 1 saturated carbocycles. The first-order valence-electron chi connectivity index (χ1n) is 13.9. The zero-order chi connectivity index (χ0) is 32.2. The van der Waals surface area contributed by atoms with Crippen molar-refractivity contribution < 1.29 is 52.5 Å². The molecule has 0 radical (unpaired) electrons. The molecule has 1 saturated heterocycles. The van der Waals surface area contributed by atoms with Crippen molar-refractivity contribution >= 4 is 41.2 Å². The van der Waals surface area contributed by atoms with Gasteiger partial charge in [-0.15, -0.1) is 0 Å². The minimum atomic E-state index is -1.17. The second-order valence-electron chi connectivity index (χ2n) is 10.5. The molecule has 0 amide bonds. The van der Waals surface area contributed by atoms with E-state index in [9.17, 15) is 29.3 Å². The van der Waals surface area contributed by atoms with Gasteiger partial charge in [0, 0.05) is 31.9 Å². The Morgan fingerprint density at radius 3 is 2.23 bits per heavy atom. The van der Waals surface area contributed by atoms with Crippen molar-refractivity contribution in [3.63, 3.8) is 0 Å². The lowest BCUT2D eigenvalue weighted by Gasteiger charge is -2.45. The van der Waals surface area contributed by atoms with Crippen LogP contribution in [0.25, 0.3) is 0 Å². The number of rotatable bonds is 11. The van der Waals surface area contributed by atoms with Gasteiger partial charge in [0.25, 0.3) is 0 Å². The molecule has 236 valence electrons. The van der Waals surface area contributed by atoms with Crippen molar-refractivity contribution in [1.82, 2.24) is 0 Å². The fraction of sp³-hybridized carbons (Fsp3) is 0.467. The van der Waals surface area contributed by atoms with E-state index in [0.717, 1.165) is 0 Å². The minimum Gasteiger partial charge on any atom is -0.475 e. The van der Waals surface area contributed by atoms with Crippen molar-refractivity contribution in [2.24, 2.45) is 0 Å². The number of esters is 4. The molecular formula is C30H32ClNO12. The van der Waals surface area contributed by atoms with E-state index in [1.54, 1.807) is 31.2 Å². The molecule has 4 rings (SSSR count). The van der Waals surface area contributed by atoms with Crippen molar-refractivity contribution in [3.05, 3.63) is 68.2 Å². The van der Waals surface area contributed by atoms with Crippen LogP contribution in [0, 0.1) is 10.1 Å².